The van der Waals surface area contributed by atoms with Crippen molar-refractivity contribution in [3.63, 3.8) is 0 Å². The smallest absolute Gasteiger partial charge is 0.269 e. The molecule has 0 amide bonds. The Balaban J connectivity index is 1.84. The van der Waals surface area contributed by atoms with Crippen LogP contribution in [0.3, 0.4) is 0 Å². The van der Waals surface area contributed by atoms with E-state index < -0.39 is 4.92 Å². The summed E-state index contributed by atoms with van der Waals surface area (Å²) in [6.07, 6.45) is 3.41. The Morgan fingerprint density at radius 3 is 2.53 bits per heavy atom. The van der Waals surface area contributed by atoms with Crippen molar-refractivity contribution >= 4 is 17.5 Å². The average molecular weight is 408 g/mol. The van der Waals surface area contributed by atoms with Gasteiger partial charge >= 0.3 is 0 Å². The van der Waals surface area contributed by atoms with Crippen molar-refractivity contribution in [2.75, 3.05) is 17.2 Å². The summed E-state index contributed by atoms with van der Waals surface area (Å²) >= 11 is 0. The van der Waals surface area contributed by atoms with Gasteiger partial charge in [0.15, 0.2) is 0 Å². The lowest BCUT2D eigenvalue weighted by atomic mass is 10.1. The standard InChI is InChI=1S/C21H24N6O3/c1-14(2)19(13-28)25-21-24-18(16-4-3-9-22-12-16)10-20(26-21)23-11-15-5-7-17(8-6-15)27(29)30/h3-10,12,14,19,28H,11,13H2,1-2H3,(H2,23,24,25,26)/t19-/m1/s1. The predicted molar refractivity (Wildman–Crippen MR) is 115 cm³/mol. The van der Waals surface area contributed by atoms with Gasteiger partial charge in [-0.25, -0.2) is 4.98 Å². The number of anilines is 2. The summed E-state index contributed by atoms with van der Waals surface area (Å²) in [7, 11) is 0. The molecule has 3 rings (SSSR count). The lowest BCUT2D eigenvalue weighted by Gasteiger charge is -2.20. The number of nitrogens with one attached hydrogen (secondary N) is 2. The SMILES string of the molecule is CC(C)[C@@H](CO)Nc1nc(NCc2ccc([N+](=O)[O-])cc2)cc(-c2cccnc2)n1. The lowest BCUT2D eigenvalue weighted by molar-refractivity contribution is -0.384. The number of nitro benzene ring substituents is 1. The van der Waals surface area contributed by atoms with Crippen molar-refractivity contribution in [2.45, 2.75) is 26.4 Å². The van der Waals surface area contributed by atoms with Crippen LogP contribution in [0.25, 0.3) is 11.3 Å². The molecule has 2 heterocycles. The zero-order valence-corrected chi connectivity index (χ0v) is 16.8. The van der Waals surface area contributed by atoms with Gasteiger partial charge in [-0.05, 0) is 23.6 Å². The number of benzene rings is 1. The van der Waals surface area contributed by atoms with Gasteiger partial charge in [0, 0.05) is 42.7 Å². The number of hydrogen-bond acceptors (Lipinski definition) is 8. The number of aliphatic hydroxyl groups excluding tert-OH is 1. The highest BCUT2D eigenvalue weighted by Crippen LogP contribution is 2.22. The van der Waals surface area contributed by atoms with Gasteiger partial charge in [0.25, 0.3) is 5.69 Å². The first-order valence-electron chi connectivity index (χ1n) is 9.60. The van der Waals surface area contributed by atoms with Crippen molar-refractivity contribution in [1.82, 2.24) is 15.0 Å². The van der Waals surface area contributed by atoms with E-state index in [0.29, 0.717) is 24.0 Å². The normalized spacial score (nSPS) is 11.9. The summed E-state index contributed by atoms with van der Waals surface area (Å²) in [5.74, 6) is 1.18. The molecule has 0 fully saturated rings. The molecule has 156 valence electrons. The number of hydrogen-bond donors (Lipinski definition) is 3. The maximum atomic E-state index is 10.8. The van der Waals surface area contributed by atoms with Crippen molar-refractivity contribution < 1.29 is 10.0 Å². The average Bonchev–Trinajstić information content (AvgIpc) is 2.76. The van der Waals surface area contributed by atoms with E-state index in [1.165, 1.54) is 12.1 Å². The molecular formula is C21H24N6O3. The van der Waals surface area contributed by atoms with Crippen LogP contribution in [0.15, 0.2) is 54.9 Å². The van der Waals surface area contributed by atoms with Crippen LogP contribution in [0.4, 0.5) is 17.5 Å². The molecule has 0 saturated heterocycles. The molecule has 0 spiro atoms. The highest BCUT2D eigenvalue weighted by atomic mass is 16.6. The second-order valence-corrected chi connectivity index (χ2v) is 7.16. The zero-order chi connectivity index (χ0) is 21.5. The third kappa shape index (κ3) is 5.48. The topological polar surface area (TPSA) is 126 Å². The molecule has 0 unspecified atom stereocenters. The molecule has 30 heavy (non-hydrogen) atoms. The summed E-state index contributed by atoms with van der Waals surface area (Å²) < 4.78 is 0. The number of non-ortho nitro benzene ring substituents is 1. The predicted octanol–water partition coefficient (Wildman–Crippen LogP) is 3.49. The Morgan fingerprint density at radius 2 is 1.93 bits per heavy atom. The molecule has 0 aliphatic carbocycles. The van der Waals surface area contributed by atoms with E-state index >= 15 is 0 Å². The summed E-state index contributed by atoms with van der Waals surface area (Å²) in [5, 5.41) is 26.9. The van der Waals surface area contributed by atoms with Gasteiger partial charge in [-0.3, -0.25) is 15.1 Å². The van der Waals surface area contributed by atoms with Crippen LogP contribution in [0.1, 0.15) is 19.4 Å². The van der Waals surface area contributed by atoms with Crippen LogP contribution in [-0.4, -0.2) is 37.6 Å². The first-order valence-corrected chi connectivity index (χ1v) is 9.60. The van der Waals surface area contributed by atoms with Gasteiger partial charge in [-0.15, -0.1) is 0 Å². The second-order valence-electron chi connectivity index (χ2n) is 7.16. The molecule has 9 heteroatoms. The molecule has 0 aliphatic heterocycles. The maximum absolute atomic E-state index is 10.8. The van der Waals surface area contributed by atoms with Crippen LogP contribution in [0.2, 0.25) is 0 Å². The van der Waals surface area contributed by atoms with Gasteiger partial charge in [-0.2, -0.15) is 4.98 Å². The maximum Gasteiger partial charge on any atom is 0.269 e. The van der Waals surface area contributed by atoms with Gasteiger partial charge in [0.05, 0.1) is 23.3 Å². The number of aliphatic hydroxyl groups is 1. The first kappa shape index (κ1) is 21.1. The molecule has 3 aromatic rings. The molecule has 3 N–H and O–H groups in total. The molecule has 9 nitrogen and oxygen atoms in total. The monoisotopic (exact) mass is 408 g/mol. The Kier molecular flexibility index (Phi) is 6.87. The van der Waals surface area contributed by atoms with Crippen molar-refractivity contribution in [1.29, 1.82) is 0 Å². The molecule has 0 radical (unpaired) electrons. The number of nitrogens with zero attached hydrogens (tertiary/aromatic N) is 4. The Bertz CT molecular complexity index is 980. The molecular weight excluding hydrogens is 384 g/mol. The summed E-state index contributed by atoms with van der Waals surface area (Å²) in [4.78, 5) is 23.6. The van der Waals surface area contributed by atoms with Crippen molar-refractivity contribution in [3.8, 4) is 11.3 Å². The van der Waals surface area contributed by atoms with Crippen LogP contribution < -0.4 is 10.6 Å². The fourth-order valence-corrected chi connectivity index (χ4v) is 2.78. The molecule has 0 aliphatic rings. The van der Waals surface area contributed by atoms with E-state index in [9.17, 15) is 15.2 Å². The Morgan fingerprint density at radius 1 is 1.17 bits per heavy atom. The van der Waals surface area contributed by atoms with Crippen molar-refractivity contribution in [2.24, 2.45) is 5.92 Å². The summed E-state index contributed by atoms with van der Waals surface area (Å²) in [5.41, 5.74) is 2.46. The van der Waals surface area contributed by atoms with Crippen molar-refractivity contribution in [3.05, 3.63) is 70.5 Å². The van der Waals surface area contributed by atoms with Crippen LogP contribution in [0, 0.1) is 16.0 Å². The molecule has 2 aromatic heterocycles. The van der Waals surface area contributed by atoms with E-state index in [1.54, 1.807) is 24.5 Å². The lowest BCUT2D eigenvalue weighted by Crippen LogP contribution is -2.30. The number of nitro groups is 1. The second kappa shape index (κ2) is 9.75. The van der Waals surface area contributed by atoms with Crippen LogP contribution in [-0.2, 0) is 6.54 Å². The molecule has 1 atom stereocenters. The number of pyridine rings is 1. The largest absolute Gasteiger partial charge is 0.394 e. The van der Waals surface area contributed by atoms with Crippen LogP contribution in [0.5, 0.6) is 0 Å². The third-order valence-electron chi connectivity index (χ3n) is 4.62. The first-order chi connectivity index (χ1) is 14.5. The van der Waals surface area contributed by atoms with Gasteiger partial charge in [0.2, 0.25) is 5.95 Å². The molecule has 1 aromatic carbocycles. The van der Waals surface area contributed by atoms with E-state index in [0.717, 1.165) is 11.1 Å². The summed E-state index contributed by atoms with van der Waals surface area (Å²) in [6, 6.07) is 11.7. The fourth-order valence-electron chi connectivity index (χ4n) is 2.78. The van der Waals surface area contributed by atoms with Gasteiger partial charge < -0.3 is 15.7 Å². The zero-order valence-electron chi connectivity index (χ0n) is 16.8. The minimum absolute atomic E-state index is 0.0380. The van der Waals surface area contributed by atoms with Gasteiger partial charge in [0.1, 0.15) is 5.82 Å². The molecule has 0 saturated carbocycles. The van der Waals surface area contributed by atoms with E-state index in [-0.39, 0.29) is 24.3 Å². The highest BCUT2D eigenvalue weighted by Gasteiger charge is 2.15. The minimum atomic E-state index is -0.425. The highest BCUT2D eigenvalue weighted by molar-refractivity contribution is 5.63. The van der Waals surface area contributed by atoms with Crippen LogP contribution >= 0.6 is 0 Å². The Hall–Kier alpha value is -3.59. The number of rotatable bonds is 9. The number of aromatic nitrogens is 3. The third-order valence-corrected chi connectivity index (χ3v) is 4.62. The Labute approximate surface area is 174 Å². The van der Waals surface area contributed by atoms with Gasteiger partial charge in [-0.1, -0.05) is 26.0 Å². The van der Waals surface area contributed by atoms with E-state index in [4.69, 9.17) is 0 Å². The quantitative estimate of drug-likeness (QED) is 0.363. The van der Waals surface area contributed by atoms with E-state index in [1.807, 2.05) is 32.0 Å². The van der Waals surface area contributed by atoms with E-state index in [2.05, 4.69) is 25.6 Å². The summed E-state index contributed by atoms with van der Waals surface area (Å²) in [6.45, 7) is 4.41. The molecule has 0 bridgehead atoms. The minimum Gasteiger partial charge on any atom is -0.394 e. The fraction of sp³-hybridized carbons (Fsp3) is 0.286.